The van der Waals surface area contributed by atoms with Crippen molar-refractivity contribution in [1.82, 2.24) is 0 Å². The molecular formula is C19H20O6. The average Bonchev–Trinajstić information content (AvgIpc) is 2.61. The summed E-state index contributed by atoms with van der Waals surface area (Å²) < 4.78 is 15.2. The summed E-state index contributed by atoms with van der Waals surface area (Å²) in [5.41, 5.74) is 1.67. The van der Waals surface area contributed by atoms with E-state index >= 15 is 0 Å². The first-order valence-corrected chi connectivity index (χ1v) is 7.46. The molecule has 0 atom stereocenters. The summed E-state index contributed by atoms with van der Waals surface area (Å²) in [6.07, 6.45) is 2.95. The van der Waals surface area contributed by atoms with Crippen molar-refractivity contribution in [2.24, 2.45) is 0 Å². The third-order valence-electron chi connectivity index (χ3n) is 3.72. The van der Waals surface area contributed by atoms with Crippen molar-refractivity contribution in [2.45, 2.75) is 6.92 Å². The average molecular weight is 344 g/mol. The molecule has 25 heavy (non-hydrogen) atoms. The summed E-state index contributed by atoms with van der Waals surface area (Å²) in [5, 5.41) is 19.8. The Hall–Kier alpha value is -3.15. The van der Waals surface area contributed by atoms with Crippen LogP contribution in [0.2, 0.25) is 0 Å². The predicted molar refractivity (Wildman–Crippen MR) is 94.0 cm³/mol. The molecular weight excluding hydrogens is 324 g/mol. The molecule has 0 aliphatic heterocycles. The number of aromatic hydroxyl groups is 2. The zero-order valence-electron chi connectivity index (χ0n) is 14.5. The van der Waals surface area contributed by atoms with Gasteiger partial charge in [0.15, 0.2) is 28.8 Å². The highest BCUT2D eigenvalue weighted by Gasteiger charge is 2.13. The van der Waals surface area contributed by atoms with E-state index in [1.165, 1.54) is 33.5 Å². The van der Waals surface area contributed by atoms with Crippen molar-refractivity contribution in [3.05, 3.63) is 47.0 Å². The number of allylic oxidation sites excluding steroid dienone is 1. The number of carbonyl (C=O) groups is 1. The van der Waals surface area contributed by atoms with Crippen molar-refractivity contribution in [1.29, 1.82) is 0 Å². The van der Waals surface area contributed by atoms with Crippen molar-refractivity contribution in [3.63, 3.8) is 0 Å². The molecule has 0 aliphatic carbocycles. The van der Waals surface area contributed by atoms with E-state index in [-0.39, 0.29) is 28.8 Å². The van der Waals surface area contributed by atoms with Gasteiger partial charge in [0.1, 0.15) is 0 Å². The second kappa shape index (κ2) is 7.61. The van der Waals surface area contributed by atoms with Crippen LogP contribution in [-0.2, 0) is 0 Å². The number of phenols is 2. The lowest BCUT2D eigenvalue weighted by atomic mass is 10.0. The summed E-state index contributed by atoms with van der Waals surface area (Å²) in [4.78, 5) is 12.4. The molecule has 0 unspecified atom stereocenters. The molecule has 0 spiro atoms. The minimum Gasteiger partial charge on any atom is -0.504 e. The van der Waals surface area contributed by atoms with Gasteiger partial charge in [-0.1, -0.05) is 6.08 Å². The summed E-state index contributed by atoms with van der Waals surface area (Å²) >= 11 is 0. The third-order valence-corrected chi connectivity index (χ3v) is 3.72. The summed E-state index contributed by atoms with van der Waals surface area (Å²) in [6, 6.07) is 6.14. The molecule has 0 aliphatic rings. The van der Waals surface area contributed by atoms with E-state index in [9.17, 15) is 15.0 Å². The molecule has 132 valence electrons. The highest BCUT2D eigenvalue weighted by atomic mass is 16.5. The van der Waals surface area contributed by atoms with E-state index in [2.05, 4.69) is 0 Å². The van der Waals surface area contributed by atoms with Crippen LogP contribution in [0.4, 0.5) is 0 Å². The first-order chi connectivity index (χ1) is 11.9. The zero-order valence-corrected chi connectivity index (χ0v) is 14.5. The molecule has 2 rings (SSSR count). The number of hydrogen-bond acceptors (Lipinski definition) is 6. The number of methoxy groups -OCH3 is 3. The Balaban J connectivity index is 2.34. The van der Waals surface area contributed by atoms with Crippen molar-refractivity contribution >= 4 is 11.9 Å². The maximum absolute atomic E-state index is 12.4. The number of hydrogen-bond donors (Lipinski definition) is 2. The largest absolute Gasteiger partial charge is 0.504 e. The van der Waals surface area contributed by atoms with Gasteiger partial charge in [0.25, 0.3) is 0 Å². The molecule has 0 aromatic heterocycles. The van der Waals surface area contributed by atoms with Crippen LogP contribution in [0.25, 0.3) is 6.08 Å². The monoisotopic (exact) mass is 344 g/mol. The smallest absolute Gasteiger partial charge is 0.200 e. The Morgan fingerprint density at radius 2 is 1.48 bits per heavy atom. The maximum Gasteiger partial charge on any atom is 0.200 e. The quantitative estimate of drug-likeness (QED) is 0.618. The van der Waals surface area contributed by atoms with Crippen LogP contribution >= 0.6 is 0 Å². The number of carbonyl (C=O) groups excluding carboxylic acids is 1. The van der Waals surface area contributed by atoms with Gasteiger partial charge in [0, 0.05) is 5.56 Å². The Labute approximate surface area is 145 Å². The first-order valence-electron chi connectivity index (χ1n) is 7.46. The number of ketones is 1. The lowest BCUT2D eigenvalue weighted by molar-refractivity contribution is 0.104. The van der Waals surface area contributed by atoms with Crippen LogP contribution in [0.5, 0.6) is 28.7 Å². The van der Waals surface area contributed by atoms with E-state index in [1.54, 1.807) is 31.2 Å². The van der Waals surface area contributed by atoms with Gasteiger partial charge in [-0.25, -0.2) is 0 Å². The number of phenolic OH excluding ortho intramolecular Hbond substituents is 2. The topological polar surface area (TPSA) is 85.2 Å². The standard InChI is InChI=1S/C19H20O6/c1-11-7-16(23-2)15(21)10-13(11)14(20)6-5-12-8-17(24-3)19(22)18(9-12)25-4/h5-10,21-22H,1-4H3. The molecule has 0 amide bonds. The number of ether oxygens (including phenoxy) is 3. The van der Waals surface area contributed by atoms with Crippen molar-refractivity contribution in [2.75, 3.05) is 21.3 Å². The molecule has 0 radical (unpaired) electrons. The Morgan fingerprint density at radius 1 is 0.920 bits per heavy atom. The van der Waals surface area contributed by atoms with Gasteiger partial charge in [-0.3, -0.25) is 4.79 Å². The second-order valence-electron chi connectivity index (χ2n) is 5.31. The molecule has 2 N–H and O–H groups in total. The van der Waals surface area contributed by atoms with Crippen LogP contribution in [0.15, 0.2) is 30.3 Å². The zero-order chi connectivity index (χ0) is 18.6. The fourth-order valence-corrected chi connectivity index (χ4v) is 2.37. The van der Waals surface area contributed by atoms with Gasteiger partial charge in [-0.2, -0.15) is 0 Å². The van der Waals surface area contributed by atoms with Gasteiger partial charge in [0.2, 0.25) is 5.75 Å². The van der Waals surface area contributed by atoms with E-state index < -0.39 is 0 Å². The van der Waals surface area contributed by atoms with Gasteiger partial charge in [-0.15, -0.1) is 0 Å². The van der Waals surface area contributed by atoms with Gasteiger partial charge in [-0.05, 0) is 48.4 Å². The molecule has 0 bridgehead atoms. The number of benzene rings is 2. The number of aryl methyl sites for hydroxylation is 1. The fourth-order valence-electron chi connectivity index (χ4n) is 2.37. The molecule has 2 aromatic rings. The van der Waals surface area contributed by atoms with Crippen LogP contribution < -0.4 is 14.2 Å². The summed E-state index contributed by atoms with van der Waals surface area (Å²) in [6.45, 7) is 1.76. The van der Waals surface area contributed by atoms with Crippen LogP contribution in [0.3, 0.4) is 0 Å². The summed E-state index contributed by atoms with van der Waals surface area (Å²) in [5.74, 6) is 0.309. The van der Waals surface area contributed by atoms with E-state index in [0.717, 1.165) is 0 Å². The van der Waals surface area contributed by atoms with Gasteiger partial charge in [0.05, 0.1) is 21.3 Å². The molecule has 6 nitrogen and oxygen atoms in total. The normalized spacial score (nSPS) is 10.7. The van der Waals surface area contributed by atoms with Gasteiger partial charge >= 0.3 is 0 Å². The summed E-state index contributed by atoms with van der Waals surface area (Å²) in [7, 11) is 4.30. The third kappa shape index (κ3) is 3.85. The van der Waals surface area contributed by atoms with Gasteiger partial charge < -0.3 is 24.4 Å². The SMILES string of the molecule is COc1cc(C)c(C(=O)C=Cc2cc(OC)c(O)c(OC)c2)cc1O. The molecule has 2 aromatic carbocycles. The van der Waals surface area contributed by atoms with E-state index in [4.69, 9.17) is 14.2 Å². The second-order valence-corrected chi connectivity index (χ2v) is 5.31. The van der Waals surface area contributed by atoms with Crippen molar-refractivity contribution in [3.8, 4) is 28.7 Å². The van der Waals surface area contributed by atoms with Crippen LogP contribution in [0.1, 0.15) is 21.5 Å². The molecule has 0 fully saturated rings. The Morgan fingerprint density at radius 3 is 2.00 bits per heavy atom. The molecule has 0 heterocycles. The fraction of sp³-hybridized carbons (Fsp3) is 0.211. The lowest BCUT2D eigenvalue weighted by Crippen LogP contribution is -1.99. The van der Waals surface area contributed by atoms with E-state index in [1.807, 2.05) is 0 Å². The molecule has 6 heteroatoms. The Bertz CT molecular complexity index is 798. The maximum atomic E-state index is 12.4. The first kappa shape index (κ1) is 18.2. The number of rotatable bonds is 6. The Kier molecular flexibility index (Phi) is 5.54. The van der Waals surface area contributed by atoms with Crippen LogP contribution in [-0.4, -0.2) is 37.3 Å². The highest BCUT2D eigenvalue weighted by Crippen LogP contribution is 2.37. The predicted octanol–water partition coefficient (Wildman–Crippen LogP) is 3.33. The van der Waals surface area contributed by atoms with E-state index in [0.29, 0.717) is 22.4 Å². The van der Waals surface area contributed by atoms with Crippen molar-refractivity contribution < 1.29 is 29.2 Å². The lowest BCUT2D eigenvalue weighted by Gasteiger charge is -2.10. The highest BCUT2D eigenvalue weighted by molar-refractivity contribution is 6.08. The molecule has 0 saturated heterocycles. The van der Waals surface area contributed by atoms with Crippen LogP contribution in [0, 0.1) is 6.92 Å². The minimum absolute atomic E-state index is 0.0992. The minimum atomic E-state index is -0.276. The molecule has 0 saturated carbocycles.